The summed E-state index contributed by atoms with van der Waals surface area (Å²) in [6.07, 6.45) is 1.27. The van der Waals surface area contributed by atoms with Crippen molar-refractivity contribution in [2.24, 2.45) is 0 Å². The lowest BCUT2D eigenvalue weighted by atomic mass is 10.2. The molecule has 0 saturated carbocycles. The standard InChI is InChI=1S/C11H24N2O3/c1-9(2)12-6-4-5-11(15)13-10(7-14)8-16-3/h9-10,12,14H,4-8H2,1-3H3,(H,13,15). The number of amides is 1. The minimum absolute atomic E-state index is 0.0401. The zero-order valence-electron chi connectivity index (χ0n) is 10.5. The fourth-order valence-electron chi connectivity index (χ4n) is 1.28. The summed E-state index contributed by atoms with van der Waals surface area (Å²) in [4.78, 5) is 11.4. The van der Waals surface area contributed by atoms with Gasteiger partial charge < -0.3 is 20.5 Å². The molecule has 0 aromatic rings. The van der Waals surface area contributed by atoms with Crippen molar-refractivity contribution in [1.29, 1.82) is 0 Å². The molecule has 1 atom stereocenters. The molecule has 5 heteroatoms. The molecule has 0 bridgehead atoms. The Morgan fingerprint density at radius 3 is 2.62 bits per heavy atom. The second-order valence-corrected chi connectivity index (χ2v) is 4.11. The first kappa shape index (κ1) is 15.3. The van der Waals surface area contributed by atoms with Crippen LogP contribution in [0.5, 0.6) is 0 Å². The van der Waals surface area contributed by atoms with Crippen LogP contribution in [0.1, 0.15) is 26.7 Å². The van der Waals surface area contributed by atoms with Gasteiger partial charge in [0.1, 0.15) is 0 Å². The number of hydrogen-bond acceptors (Lipinski definition) is 4. The van der Waals surface area contributed by atoms with Crippen LogP contribution in [0.4, 0.5) is 0 Å². The monoisotopic (exact) mass is 232 g/mol. The quantitative estimate of drug-likeness (QED) is 0.485. The summed E-state index contributed by atoms with van der Waals surface area (Å²) >= 11 is 0. The molecule has 1 amide bonds. The molecule has 1 unspecified atom stereocenters. The third-order valence-corrected chi connectivity index (χ3v) is 2.09. The van der Waals surface area contributed by atoms with Crippen LogP contribution in [0.25, 0.3) is 0 Å². The molecule has 0 saturated heterocycles. The molecule has 0 rings (SSSR count). The van der Waals surface area contributed by atoms with Gasteiger partial charge in [-0.3, -0.25) is 4.79 Å². The Bertz CT molecular complexity index is 186. The van der Waals surface area contributed by atoms with Gasteiger partial charge in [0.2, 0.25) is 5.91 Å². The van der Waals surface area contributed by atoms with E-state index in [1.807, 2.05) is 0 Å². The molecule has 0 spiro atoms. The van der Waals surface area contributed by atoms with E-state index >= 15 is 0 Å². The molecule has 5 nitrogen and oxygen atoms in total. The summed E-state index contributed by atoms with van der Waals surface area (Å²) < 4.78 is 4.87. The molecule has 96 valence electrons. The lowest BCUT2D eigenvalue weighted by molar-refractivity contribution is -0.122. The van der Waals surface area contributed by atoms with E-state index in [2.05, 4.69) is 24.5 Å². The van der Waals surface area contributed by atoms with Crippen molar-refractivity contribution < 1.29 is 14.6 Å². The zero-order chi connectivity index (χ0) is 12.4. The Kier molecular flexibility index (Phi) is 9.18. The van der Waals surface area contributed by atoms with Crippen molar-refractivity contribution in [1.82, 2.24) is 10.6 Å². The first-order chi connectivity index (χ1) is 7.60. The van der Waals surface area contributed by atoms with Crippen molar-refractivity contribution >= 4 is 5.91 Å². The number of aliphatic hydroxyl groups is 1. The van der Waals surface area contributed by atoms with Crippen molar-refractivity contribution in [2.45, 2.75) is 38.8 Å². The van der Waals surface area contributed by atoms with E-state index in [0.717, 1.165) is 13.0 Å². The second-order valence-electron chi connectivity index (χ2n) is 4.11. The molecule has 0 aromatic carbocycles. The summed E-state index contributed by atoms with van der Waals surface area (Å²) in [5, 5.41) is 14.9. The zero-order valence-corrected chi connectivity index (χ0v) is 10.5. The van der Waals surface area contributed by atoms with Crippen molar-refractivity contribution in [3.63, 3.8) is 0 Å². The average Bonchev–Trinajstić information content (AvgIpc) is 2.23. The summed E-state index contributed by atoms with van der Waals surface area (Å²) in [6.45, 7) is 5.22. The maximum atomic E-state index is 11.4. The second kappa shape index (κ2) is 9.57. The van der Waals surface area contributed by atoms with Gasteiger partial charge in [0.05, 0.1) is 19.3 Å². The van der Waals surface area contributed by atoms with Gasteiger partial charge in [-0.15, -0.1) is 0 Å². The predicted octanol–water partition coefficient (Wildman–Crippen LogP) is -0.112. The summed E-state index contributed by atoms with van der Waals surface area (Å²) in [7, 11) is 1.54. The highest BCUT2D eigenvalue weighted by atomic mass is 16.5. The number of hydrogen-bond donors (Lipinski definition) is 3. The Balaban J connectivity index is 3.56. The summed E-state index contributed by atoms with van der Waals surface area (Å²) in [6, 6.07) is 0.150. The number of methoxy groups -OCH3 is 1. The van der Waals surface area contributed by atoms with Crippen molar-refractivity contribution in [2.75, 3.05) is 26.9 Å². The highest BCUT2D eigenvalue weighted by Crippen LogP contribution is 1.91. The molecule has 0 aliphatic rings. The normalized spacial score (nSPS) is 12.8. The Hall–Kier alpha value is -0.650. The predicted molar refractivity (Wildman–Crippen MR) is 63.3 cm³/mol. The molecule has 3 N–H and O–H groups in total. The van der Waals surface area contributed by atoms with Crippen LogP contribution in [-0.4, -0.2) is 50.0 Å². The van der Waals surface area contributed by atoms with Gasteiger partial charge in [0, 0.05) is 19.6 Å². The highest BCUT2D eigenvalue weighted by Gasteiger charge is 2.10. The van der Waals surface area contributed by atoms with Gasteiger partial charge in [-0.1, -0.05) is 13.8 Å². The molecular formula is C11H24N2O3. The number of carbonyl (C=O) groups excluding carboxylic acids is 1. The van der Waals surface area contributed by atoms with Gasteiger partial charge in [-0.2, -0.15) is 0 Å². The third kappa shape index (κ3) is 8.64. The van der Waals surface area contributed by atoms with E-state index in [0.29, 0.717) is 19.1 Å². The van der Waals surface area contributed by atoms with E-state index < -0.39 is 0 Å². The molecule has 16 heavy (non-hydrogen) atoms. The molecule has 0 fully saturated rings. The number of rotatable bonds is 9. The van der Waals surface area contributed by atoms with E-state index in [9.17, 15) is 4.79 Å². The van der Waals surface area contributed by atoms with Gasteiger partial charge in [-0.25, -0.2) is 0 Å². The molecule has 0 radical (unpaired) electrons. The van der Waals surface area contributed by atoms with E-state index in [-0.39, 0.29) is 18.6 Å². The van der Waals surface area contributed by atoms with Gasteiger partial charge in [0.25, 0.3) is 0 Å². The Morgan fingerprint density at radius 1 is 1.44 bits per heavy atom. The van der Waals surface area contributed by atoms with Gasteiger partial charge in [-0.05, 0) is 13.0 Å². The summed E-state index contributed by atoms with van der Waals surface area (Å²) in [5.41, 5.74) is 0. The molecule has 0 aliphatic heterocycles. The van der Waals surface area contributed by atoms with Crippen LogP contribution in [0.15, 0.2) is 0 Å². The largest absolute Gasteiger partial charge is 0.394 e. The lowest BCUT2D eigenvalue weighted by Gasteiger charge is -2.15. The van der Waals surface area contributed by atoms with Crippen LogP contribution in [0.3, 0.4) is 0 Å². The Labute approximate surface area is 97.6 Å². The number of ether oxygens (including phenoxy) is 1. The number of nitrogens with one attached hydrogen (secondary N) is 2. The fourth-order valence-corrected chi connectivity index (χ4v) is 1.28. The maximum Gasteiger partial charge on any atom is 0.220 e. The highest BCUT2D eigenvalue weighted by molar-refractivity contribution is 5.76. The van der Waals surface area contributed by atoms with Crippen molar-refractivity contribution in [3.05, 3.63) is 0 Å². The van der Waals surface area contributed by atoms with E-state index in [1.54, 1.807) is 7.11 Å². The van der Waals surface area contributed by atoms with Crippen LogP contribution < -0.4 is 10.6 Å². The third-order valence-electron chi connectivity index (χ3n) is 2.09. The summed E-state index contributed by atoms with van der Waals surface area (Å²) in [5.74, 6) is -0.0401. The average molecular weight is 232 g/mol. The first-order valence-electron chi connectivity index (χ1n) is 5.72. The fraction of sp³-hybridized carbons (Fsp3) is 0.909. The number of carbonyl (C=O) groups is 1. The van der Waals surface area contributed by atoms with E-state index in [1.165, 1.54) is 0 Å². The van der Waals surface area contributed by atoms with Crippen LogP contribution in [0.2, 0.25) is 0 Å². The lowest BCUT2D eigenvalue weighted by Crippen LogP contribution is -2.40. The van der Waals surface area contributed by atoms with Gasteiger partial charge >= 0.3 is 0 Å². The minimum atomic E-state index is -0.296. The minimum Gasteiger partial charge on any atom is -0.394 e. The van der Waals surface area contributed by atoms with Gasteiger partial charge in [0.15, 0.2) is 0 Å². The maximum absolute atomic E-state index is 11.4. The SMILES string of the molecule is COCC(CO)NC(=O)CCCNC(C)C. The van der Waals surface area contributed by atoms with Crippen LogP contribution >= 0.6 is 0 Å². The molecular weight excluding hydrogens is 208 g/mol. The van der Waals surface area contributed by atoms with Crippen LogP contribution in [-0.2, 0) is 9.53 Å². The van der Waals surface area contributed by atoms with E-state index in [4.69, 9.17) is 9.84 Å². The Morgan fingerprint density at radius 2 is 2.12 bits per heavy atom. The molecule has 0 aliphatic carbocycles. The van der Waals surface area contributed by atoms with Crippen LogP contribution in [0, 0.1) is 0 Å². The first-order valence-corrected chi connectivity index (χ1v) is 5.72. The smallest absolute Gasteiger partial charge is 0.220 e. The topological polar surface area (TPSA) is 70.6 Å². The van der Waals surface area contributed by atoms with Crippen molar-refractivity contribution in [3.8, 4) is 0 Å². The molecule has 0 aromatic heterocycles. The number of aliphatic hydroxyl groups excluding tert-OH is 1. The molecule has 0 heterocycles.